The highest BCUT2D eigenvalue weighted by atomic mass is 127. The van der Waals surface area contributed by atoms with Crippen LogP contribution in [0.2, 0.25) is 0 Å². The monoisotopic (exact) mass is 392 g/mol. The largest absolute Gasteiger partial charge is 0.478 e. The smallest absolute Gasteiger partial charge is 0.416 e. The number of benzene rings is 2. The first-order chi connectivity index (χ1) is 9.29. The number of halogens is 4. The van der Waals surface area contributed by atoms with E-state index in [1.54, 1.807) is 6.07 Å². The Hall–Kier alpha value is -1.57. The molecule has 0 amide bonds. The van der Waals surface area contributed by atoms with Gasteiger partial charge in [-0.15, -0.1) is 0 Å². The van der Waals surface area contributed by atoms with Gasteiger partial charge >= 0.3 is 12.1 Å². The number of hydrogen-bond donors (Lipinski definition) is 1. The van der Waals surface area contributed by atoms with Gasteiger partial charge < -0.3 is 5.11 Å². The van der Waals surface area contributed by atoms with Crippen LogP contribution in [0.25, 0.3) is 11.1 Å². The summed E-state index contributed by atoms with van der Waals surface area (Å²) >= 11 is 1.96. The Morgan fingerprint density at radius 1 is 1.10 bits per heavy atom. The van der Waals surface area contributed by atoms with E-state index in [1.807, 2.05) is 22.6 Å². The summed E-state index contributed by atoms with van der Waals surface area (Å²) in [5.41, 5.74) is 0.0910. The highest BCUT2D eigenvalue weighted by molar-refractivity contribution is 14.1. The molecule has 0 fully saturated rings. The first-order valence-corrected chi connectivity index (χ1v) is 6.57. The van der Waals surface area contributed by atoms with Crippen LogP contribution in [-0.2, 0) is 6.18 Å². The van der Waals surface area contributed by atoms with Crippen LogP contribution in [0.4, 0.5) is 13.2 Å². The molecule has 0 unspecified atom stereocenters. The molecule has 0 saturated heterocycles. The summed E-state index contributed by atoms with van der Waals surface area (Å²) in [7, 11) is 0. The van der Waals surface area contributed by atoms with Crippen molar-refractivity contribution in [3.8, 4) is 11.1 Å². The van der Waals surface area contributed by atoms with Crippen molar-refractivity contribution in [3.05, 3.63) is 57.2 Å². The molecule has 1 N–H and O–H groups in total. The predicted molar refractivity (Wildman–Crippen MR) is 76.6 cm³/mol. The summed E-state index contributed by atoms with van der Waals surface area (Å²) in [6.45, 7) is 0. The maximum absolute atomic E-state index is 12.7. The molecule has 0 spiro atoms. The molecule has 0 aliphatic rings. The van der Waals surface area contributed by atoms with Gasteiger partial charge in [-0.1, -0.05) is 12.1 Å². The molecule has 0 aromatic heterocycles. The number of hydrogen-bond acceptors (Lipinski definition) is 1. The zero-order chi connectivity index (χ0) is 14.9. The van der Waals surface area contributed by atoms with Crippen LogP contribution in [0, 0.1) is 3.57 Å². The van der Waals surface area contributed by atoms with Gasteiger partial charge in [0.2, 0.25) is 0 Å². The molecule has 2 aromatic carbocycles. The van der Waals surface area contributed by atoms with E-state index in [2.05, 4.69) is 0 Å². The SMILES string of the molecule is O=C(O)c1ccc(I)c(-c2cccc(C(F)(F)F)c2)c1. The van der Waals surface area contributed by atoms with Gasteiger partial charge in [0.05, 0.1) is 11.1 Å². The summed E-state index contributed by atoms with van der Waals surface area (Å²) in [5.74, 6) is -1.12. The maximum Gasteiger partial charge on any atom is 0.416 e. The first-order valence-electron chi connectivity index (χ1n) is 5.49. The van der Waals surface area contributed by atoms with E-state index in [-0.39, 0.29) is 5.56 Å². The lowest BCUT2D eigenvalue weighted by Crippen LogP contribution is -2.04. The number of alkyl halides is 3. The highest BCUT2D eigenvalue weighted by Crippen LogP contribution is 2.33. The van der Waals surface area contributed by atoms with Crippen LogP contribution in [0.1, 0.15) is 15.9 Å². The van der Waals surface area contributed by atoms with E-state index < -0.39 is 17.7 Å². The minimum Gasteiger partial charge on any atom is -0.478 e. The average Bonchev–Trinajstić information content (AvgIpc) is 2.38. The Kier molecular flexibility index (Phi) is 4.03. The van der Waals surface area contributed by atoms with Crippen molar-refractivity contribution in [1.29, 1.82) is 0 Å². The molecule has 20 heavy (non-hydrogen) atoms. The molecule has 0 aliphatic carbocycles. The molecule has 2 nitrogen and oxygen atoms in total. The summed E-state index contributed by atoms with van der Waals surface area (Å²) in [5, 5.41) is 8.95. The van der Waals surface area contributed by atoms with Crippen molar-refractivity contribution in [2.45, 2.75) is 6.18 Å². The summed E-state index contributed by atoms with van der Waals surface area (Å²) < 4.78 is 38.8. The number of carboxylic acid groups (broad SMARTS) is 1. The van der Waals surface area contributed by atoms with Crippen molar-refractivity contribution in [2.24, 2.45) is 0 Å². The molecular formula is C14H8F3IO2. The zero-order valence-corrected chi connectivity index (χ0v) is 12.1. The highest BCUT2D eigenvalue weighted by Gasteiger charge is 2.30. The molecule has 2 aromatic rings. The molecule has 0 aliphatic heterocycles. The van der Waals surface area contributed by atoms with Gasteiger partial charge in [-0.05, 0) is 64.0 Å². The fourth-order valence-electron chi connectivity index (χ4n) is 1.74. The van der Waals surface area contributed by atoms with E-state index in [0.29, 0.717) is 14.7 Å². The molecule has 104 valence electrons. The van der Waals surface area contributed by atoms with Crippen LogP contribution < -0.4 is 0 Å². The summed E-state index contributed by atoms with van der Waals surface area (Å²) in [6, 6.07) is 9.20. The topological polar surface area (TPSA) is 37.3 Å². The molecule has 0 heterocycles. The quantitative estimate of drug-likeness (QED) is 0.755. The van der Waals surface area contributed by atoms with Crippen LogP contribution >= 0.6 is 22.6 Å². The second-order valence-electron chi connectivity index (χ2n) is 4.08. The molecule has 0 saturated carbocycles. The van der Waals surface area contributed by atoms with Gasteiger partial charge in [-0.3, -0.25) is 0 Å². The molecular weight excluding hydrogens is 384 g/mol. The molecule has 0 atom stereocenters. The molecule has 0 bridgehead atoms. The Labute approximate surface area is 126 Å². The molecule has 0 radical (unpaired) electrons. The lowest BCUT2D eigenvalue weighted by Gasteiger charge is -2.10. The lowest BCUT2D eigenvalue weighted by atomic mass is 10.0. The first kappa shape index (κ1) is 14.8. The fraction of sp³-hybridized carbons (Fsp3) is 0.0714. The van der Waals surface area contributed by atoms with Gasteiger partial charge in [0.25, 0.3) is 0 Å². The number of rotatable bonds is 2. The maximum atomic E-state index is 12.7. The third kappa shape index (κ3) is 3.12. The third-order valence-electron chi connectivity index (χ3n) is 2.71. The van der Waals surface area contributed by atoms with Gasteiger partial charge in [0.15, 0.2) is 0 Å². The second-order valence-corrected chi connectivity index (χ2v) is 5.24. The van der Waals surface area contributed by atoms with E-state index in [0.717, 1.165) is 12.1 Å². The Morgan fingerprint density at radius 3 is 2.40 bits per heavy atom. The van der Waals surface area contributed by atoms with Gasteiger partial charge in [0.1, 0.15) is 0 Å². The van der Waals surface area contributed by atoms with Crippen molar-refractivity contribution in [2.75, 3.05) is 0 Å². The zero-order valence-electron chi connectivity index (χ0n) is 9.91. The Bertz CT molecular complexity index is 666. The number of carboxylic acids is 1. The van der Waals surface area contributed by atoms with E-state index >= 15 is 0 Å². The summed E-state index contributed by atoms with van der Waals surface area (Å²) in [4.78, 5) is 10.9. The van der Waals surface area contributed by atoms with E-state index in [1.165, 1.54) is 24.3 Å². The van der Waals surface area contributed by atoms with E-state index in [9.17, 15) is 18.0 Å². The lowest BCUT2D eigenvalue weighted by molar-refractivity contribution is -0.137. The Balaban J connectivity index is 2.57. The standard InChI is InChI=1S/C14H8F3IO2/c15-14(16,17)10-3-1-2-8(6-10)11-7-9(13(19)20)4-5-12(11)18/h1-7H,(H,19,20). The Morgan fingerprint density at radius 2 is 1.80 bits per heavy atom. The molecule has 2 rings (SSSR count). The predicted octanol–water partition coefficient (Wildman–Crippen LogP) is 4.68. The van der Waals surface area contributed by atoms with Crippen molar-refractivity contribution < 1.29 is 23.1 Å². The minimum absolute atomic E-state index is 0.0397. The van der Waals surface area contributed by atoms with Crippen molar-refractivity contribution in [1.82, 2.24) is 0 Å². The van der Waals surface area contributed by atoms with Gasteiger partial charge in [-0.2, -0.15) is 13.2 Å². The van der Waals surface area contributed by atoms with Crippen LogP contribution in [0.3, 0.4) is 0 Å². The summed E-state index contributed by atoms with van der Waals surface area (Å²) in [6.07, 6.45) is -4.42. The third-order valence-corrected chi connectivity index (χ3v) is 3.65. The van der Waals surface area contributed by atoms with E-state index in [4.69, 9.17) is 5.11 Å². The average molecular weight is 392 g/mol. The van der Waals surface area contributed by atoms with Crippen LogP contribution in [-0.4, -0.2) is 11.1 Å². The van der Waals surface area contributed by atoms with Crippen molar-refractivity contribution >= 4 is 28.6 Å². The van der Waals surface area contributed by atoms with Crippen molar-refractivity contribution in [3.63, 3.8) is 0 Å². The van der Waals surface area contributed by atoms with Gasteiger partial charge in [0, 0.05) is 3.57 Å². The molecule has 6 heteroatoms. The minimum atomic E-state index is -4.42. The second kappa shape index (κ2) is 5.43. The fourth-order valence-corrected chi connectivity index (χ4v) is 2.39. The van der Waals surface area contributed by atoms with Crippen LogP contribution in [0.5, 0.6) is 0 Å². The van der Waals surface area contributed by atoms with Gasteiger partial charge in [-0.25, -0.2) is 4.79 Å². The number of aromatic carboxylic acids is 1. The normalized spacial score (nSPS) is 11.4. The number of carbonyl (C=O) groups is 1. The van der Waals surface area contributed by atoms with Crippen LogP contribution in [0.15, 0.2) is 42.5 Å².